The van der Waals surface area contributed by atoms with Gasteiger partial charge in [0.15, 0.2) is 0 Å². The topological polar surface area (TPSA) is 74.7 Å². The Labute approximate surface area is 112 Å². The van der Waals surface area contributed by atoms with E-state index in [-0.39, 0.29) is 10.5 Å². The minimum absolute atomic E-state index is 0.0448. The first kappa shape index (κ1) is 14.0. The quantitative estimate of drug-likeness (QED) is 0.917. The van der Waals surface area contributed by atoms with Crippen molar-refractivity contribution in [3.8, 4) is 0 Å². The molecular formula is C13H17NO4S. The molecular weight excluding hydrogens is 266 g/mol. The smallest absolute Gasteiger partial charge is 0.335 e. The summed E-state index contributed by atoms with van der Waals surface area (Å²) in [6, 6.07) is 2.90. The number of sulfonamides is 1. The summed E-state index contributed by atoms with van der Waals surface area (Å²) in [5, 5.41) is 9.10. The van der Waals surface area contributed by atoms with Gasteiger partial charge in [-0.2, -0.15) is 4.31 Å². The molecule has 1 saturated heterocycles. The molecule has 0 radical (unpaired) electrons. The molecule has 1 aromatic carbocycles. The summed E-state index contributed by atoms with van der Waals surface area (Å²) in [6.45, 7) is 4.39. The molecule has 1 aliphatic rings. The number of hydrogen-bond donors (Lipinski definition) is 1. The summed E-state index contributed by atoms with van der Waals surface area (Å²) >= 11 is 0. The fraction of sp³-hybridized carbons (Fsp3) is 0.462. The van der Waals surface area contributed by atoms with E-state index in [0.717, 1.165) is 12.8 Å². The third-order valence-electron chi connectivity index (χ3n) is 3.44. The molecule has 0 amide bonds. The lowest BCUT2D eigenvalue weighted by atomic mass is 10.1. The van der Waals surface area contributed by atoms with E-state index in [2.05, 4.69) is 0 Å². The zero-order chi connectivity index (χ0) is 14.2. The number of carboxylic acids is 1. The van der Waals surface area contributed by atoms with E-state index < -0.39 is 16.0 Å². The second-order valence-corrected chi connectivity index (χ2v) is 6.76. The van der Waals surface area contributed by atoms with Crippen LogP contribution in [0.5, 0.6) is 0 Å². The Morgan fingerprint density at radius 2 is 1.74 bits per heavy atom. The van der Waals surface area contributed by atoms with E-state index in [1.807, 2.05) is 0 Å². The van der Waals surface area contributed by atoms with Crippen LogP contribution in [0.15, 0.2) is 17.0 Å². The van der Waals surface area contributed by atoms with E-state index in [1.165, 1.54) is 10.4 Å². The van der Waals surface area contributed by atoms with Crippen LogP contribution in [0.25, 0.3) is 0 Å². The Bertz CT molecular complexity index is 616. The van der Waals surface area contributed by atoms with Crippen LogP contribution in [0, 0.1) is 13.8 Å². The molecule has 0 bridgehead atoms. The van der Waals surface area contributed by atoms with Crippen LogP contribution in [0.4, 0.5) is 0 Å². The van der Waals surface area contributed by atoms with Gasteiger partial charge in [-0.05, 0) is 43.9 Å². The molecule has 1 fully saturated rings. The Balaban J connectivity index is 2.55. The molecule has 2 rings (SSSR count). The Morgan fingerprint density at radius 1 is 1.16 bits per heavy atom. The van der Waals surface area contributed by atoms with Crippen molar-refractivity contribution in [2.45, 2.75) is 31.6 Å². The lowest BCUT2D eigenvalue weighted by molar-refractivity contribution is 0.0696. The van der Waals surface area contributed by atoms with Crippen molar-refractivity contribution in [3.63, 3.8) is 0 Å². The maximum atomic E-state index is 12.5. The highest BCUT2D eigenvalue weighted by Crippen LogP contribution is 2.26. The lowest BCUT2D eigenvalue weighted by Gasteiger charge is -2.18. The Hall–Kier alpha value is -1.40. The number of carboxylic acid groups (broad SMARTS) is 1. The summed E-state index contributed by atoms with van der Waals surface area (Å²) in [6.07, 6.45) is 1.71. The van der Waals surface area contributed by atoms with Crippen LogP contribution < -0.4 is 0 Å². The van der Waals surface area contributed by atoms with Gasteiger partial charge in [0.2, 0.25) is 10.0 Å². The first-order chi connectivity index (χ1) is 8.84. The minimum atomic E-state index is -3.57. The second-order valence-electron chi connectivity index (χ2n) is 4.85. The van der Waals surface area contributed by atoms with Gasteiger partial charge in [0.25, 0.3) is 0 Å². The van der Waals surface area contributed by atoms with E-state index in [0.29, 0.717) is 24.2 Å². The van der Waals surface area contributed by atoms with Gasteiger partial charge >= 0.3 is 5.97 Å². The highest BCUT2D eigenvalue weighted by Gasteiger charge is 2.29. The maximum absolute atomic E-state index is 12.5. The zero-order valence-electron chi connectivity index (χ0n) is 11.0. The van der Waals surface area contributed by atoms with Gasteiger partial charge in [0, 0.05) is 13.1 Å². The number of aryl methyl sites for hydroxylation is 2. The second kappa shape index (κ2) is 4.94. The minimum Gasteiger partial charge on any atom is -0.478 e. The molecule has 5 nitrogen and oxygen atoms in total. The summed E-state index contributed by atoms with van der Waals surface area (Å²) < 4.78 is 26.4. The third-order valence-corrected chi connectivity index (χ3v) is 5.48. The monoisotopic (exact) mass is 283 g/mol. The van der Waals surface area contributed by atoms with E-state index in [1.54, 1.807) is 19.9 Å². The first-order valence-corrected chi connectivity index (χ1v) is 7.62. The number of rotatable bonds is 3. The molecule has 0 aromatic heterocycles. The van der Waals surface area contributed by atoms with Crippen LogP contribution in [-0.2, 0) is 10.0 Å². The summed E-state index contributed by atoms with van der Waals surface area (Å²) in [7, 11) is -3.57. The fourth-order valence-corrected chi connectivity index (χ4v) is 4.16. The van der Waals surface area contributed by atoms with Crippen LogP contribution >= 0.6 is 0 Å². The Kier molecular flexibility index (Phi) is 3.64. The number of aromatic carboxylic acids is 1. The van der Waals surface area contributed by atoms with Crippen molar-refractivity contribution in [1.82, 2.24) is 4.31 Å². The molecule has 1 N–H and O–H groups in total. The third kappa shape index (κ3) is 2.50. The summed E-state index contributed by atoms with van der Waals surface area (Å²) in [5.74, 6) is -1.10. The lowest BCUT2D eigenvalue weighted by Crippen LogP contribution is -2.28. The molecule has 0 atom stereocenters. The SMILES string of the molecule is Cc1cc(C)c(S(=O)(=O)N2CCCC2)cc1C(=O)O. The number of hydrogen-bond acceptors (Lipinski definition) is 3. The van der Waals surface area contributed by atoms with Gasteiger partial charge in [0.1, 0.15) is 0 Å². The van der Waals surface area contributed by atoms with Crippen LogP contribution in [0.2, 0.25) is 0 Å². The number of nitrogens with zero attached hydrogens (tertiary/aromatic N) is 1. The van der Waals surface area contributed by atoms with Crippen LogP contribution in [0.1, 0.15) is 34.3 Å². The van der Waals surface area contributed by atoms with Gasteiger partial charge in [-0.15, -0.1) is 0 Å². The Morgan fingerprint density at radius 3 is 2.26 bits per heavy atom. The molecule has 0 spiro atoms. The molecule has 6 heteroatoms. The number of carbonyl (C=O) groups is 1. The van der Waals surface area contributed by atoms with Crippen LogP contribution in [0.3, 0.4) is 0 Å². The largest absolute Gasteiger partial charge is 0.478 e. The van der Waals surface area contributed by atoms with Crippen molar-refractivity contribution in [3.05, 3.63) is 28.8 Å². The highest BCUT2D eigenvalue weighted by atomic mass is 32.2. The summed E-state index contributed by atoms with van der Waals surface area (Å²) in [5.41, 5.74) is 1.21. The van der Waals surface area contributed by atoms with Crippen molar-refractivity contribution >= 4 is 16.0 Å². The molecule has 0 unspecified atom stereocenters. The van der Waals surface area contributed by atoms with Gasteiger partial charge in [-0.3, -0.25) is 0 Å². The number of benzene rings is 1. The van der Waals surface area contributed by atoms with Crippen molar-refractivity contribution in [1.29, 1.82) is 0 Å². The average molecular weight is 283 g/mol. The molecule has 1 heterocycles. The summed E-state index contributed by atoms with van der Waals surface area (Å²) in [4.78, 5) is 11.2. The fourth-order valence-electron chi connectivity index (χ4n) is 2.41. The predicted octanol–water partition coefficient (Wildman–Crippen LogP) is 1.79. The van der Waals surface area contributed by atoms with E-state index >= 15 is 0 Å². The van der Waals surface area contributed by atoms with Gasteiger partial charge in [0.05, 0.1) is 10.5 Å². The maximum Gasteiger partial charge on any atom is 0.335 e. The molecule has 1 aliphatic heterocycles. The molecule has 0 aliphatic carbocycles. The van der Waals surface area contributed by atoms with Gasteiger partial charge in [-0.1, -0.05) is 6.07 Å². The van der Waals surface area contributed by atoms with Gasteiger partial charge in [-0.25, -0.2) is 13.2 Å². The van der Waals surface area contributed by atoms with Crippen LogP contribution in [-0.4, -0.2) is 36.9 Å². The molecule has 0 saturated carbocycles. The standard InChI is InChI=1S/C13H17NO4S/c1-9-7-10(2)12(8-11(9)13(15)16)19(17,18)14-5-3-4-6-14/h7-8H,3-6H2,1-2H3,(H,15,16). The van der Waals surface area contributed by atoms with Crippen molar-refractivity contribution in [2.24, 2.45) is 0 Å². The highest BCUT2D eigenvalue weighted by molar-refractivity contribution is 7.89. The molecule has 1 aromatic rings. The van der Waals surface area contributed by atoms with E-state index in [9.17, 15) is 13.2 Å². The van der Waals surface area contributed by atoms with Crippen molar-refractivity contribution in [2.75, 3.05) is 13.1 Å². The zero-order valence-corrected chi connectivity index (χ0v) is 11.8. The van der Waals surface area contributed by atoms with Gasteiger partial charge < -0.3 is 5.11 Å². The predicted molar refractivity (Wildman–Crippen MR) is 70.9 cm³/mol. The molecule has 104 valence electrons. The van der Waals surface area contributed by atoms with E-state index in [4.69, 9.17) is 5.11 Å². The normalized spacial score (nSPS) is 16.7. The average Bonchev–Trinajstić information content (AvgIpc) is 2.81. The first-order valence-electron chi connectivity index (χ1n) is 6.18. The van der Waals surface area contributed by atoms with Crippen molar-refractivity contribution < 1.29 is 18.3 Å². The molecule has 19 heavy (non-hydrogen) atoms.